The lowest BCUT2D eigenvalue weighted by Gasteiger charge is -2.22. The Bertz CT molecular complexity index is 949. The predicted octanol–water partition coefficient (Wildman–Crippen LogP) is 3.66. The van der Waals surface area contributed by atoms with Gasteiger partial charge < -0.3 is 4.74 Å². The molecule has 1 heterocycles. The fraction of sp³-hybridized carbons (Fsp3) is 0.400. The van der Waals surface area contributed by atoms with Gasteiger partial charge in [-0.05, 0) is 54.9 Å². The van der Waals surface area contributed by atoms with E-state index in [1.54, 1.807) is 18.2 Å². The number of ether oxygens (including phenoxy) is 1. The average molecular weight is 446 g/mol. The molecule has 0 saturated carbocycles. The molecule has 164 valence electrons. The first-order valence-corrected chi connectivity index (χ1v) is 10.8. The van der Waals surface area contributed by atoms with Crippen LogP contribution >= 0.6 is 0 Å². The number of sulfonamides is 1. The summed E-state index contributed by atoms with van der Waals surface area (Å²) in [5.74, 6) is -0.363. The largest absolute Gasteiger partial charge is 0.484 e. The number of nitrogens with zero attached hydrogens (tertiary/aromatic N) is 2. The summed E-state index contributed by atoms with van der Waals surface area (Å²) >= 11 is 0. The Kier molecular flexibility index (Phi) is 6.99. The third-order valence-electron chi connectivity index (χ3n) is 4.71. The van der Waals surface area contributed by atoms with Crippen molar-refractivity contribution < 1.29 is 30.7 Å². The van der Waals surface area contributed by atoms with Crippen molar-refractivity contribution >= 4 is 10.0 Å². The lowest BCUT2D eigenvalue weighted by molar-refractivity contribution is -0.153. The second kappa shape index (κ2) is 9.32. The van der Waals surface area contributed by atoms with Crippen LogP contribution in [0.15, 0.2) is 53.4 Å². The Morgan fingerprint density at radius 2 is 1.70 bits per heavy atom. The van der Waals surface area contributed by atoms with Crippen molar-refractivity contribution in [2.75, 3.05) is 32.8 Å². The molecule has 0 bridgehead atoms. The van der Waals surface area contributed by atoms with Crippen LogP contribution in [0.25, 0.3) is 0 Å². The van der Waals surface area contributed by atoms with Crippen LogP contribution in [-0.4, -0.2) is 56.6 Å². The maximum Gasteiger partial charge on any atom is 0.422 e. The summed E-state index contributed by atoms with van der Waals surface area (Å²) in [6.45, 7) is 0.829. The Morgan fingerprint density at radius 3 is 2.40 bits per heavy atom. The van der Waals surface area contributed by atoms with Crippen molar-refractivity contribution in [2.24, 2.45) is 0 Å². The van der Waals surface area contributed by atoms with Crippen LogP contribution in [0.5, 0.6) is 5.75 Å². The van der Waals surface area contributed by atoms with E-state index in [9.17, 15) is 26.0 Å². The molecule has 0 radical (unpaired) electrons. The van der Waals surface area contributed by atoms with Gasteiger partial charge in [-0.2, -0.15) is 17.5 Å². The minimum absolute atomic E-state index is 0.0480. The van der Waals surface area contributed by atoms with Crippen molar-refractivity contribution in [1.29, 1.82) is 0 Å². The first kappa shape index (κ1) is 22.5. The number of halogens is 4. The summed E-state index contributed by atoms with van der Waals surface area (Å²) in [7, 11) is -3.71. The molecule has 1 aliphatic heterocycles. The van der Waals surface area contributed by atoms with Crippen LogP contribution in [-0.2, 0) is 16.6 Å². The molecule has 3 rings (SSSR count). The van der Waals surface area contributed by atoms with Gasteiger partial charge in [-0.25, -0.2) is 12.8 Å². The van der Waals surface area contributed by atoms with E-state index in [-0.39, 0.29) is 17.2 Å². The van der Waals surface area contributed by atoms with Crippen molar-refractivity contribution in [2.45, 2.75) is 24.0 Å². The van der Waals surface area contributed by atoms with Gasteiger partial charge in [0.15, 0.2) is 6.61 Å². The molecule has 0 aliphatic carbocycles. The molecular formula is C20H22F4N2O3S. The van der Waals surface area contributed by atoms with Gasteiger partial charge in [-0.3, -0.25) is 4.90 Å². The quantitative estimate of drug-likeness (QED) is 0.636. The molecule has 0 aromatic heterocycles. The van der Waals surface area contributed by atoms with Gasteiger partial charge in [0.1, 0.15) is 11.6 Å². The van der Waals surface area contributed by atoms with E-state index < -0.39 is 28.6 Å². The summed E-state index contributed by atoms with van der Waals surface area (Å²) < 4.78 is 81.8. The number of rotatable bonds is 6. The van der Waals surface area contributed by atoms with E-state index in [1.165, 1.54) is 22.5 Å². The predicted molar refractivity (Wildman–Crippen MR) is 103 cm³/mol. The maximum absolute atomic E-state index is 13.1. The van der Waals surface area contributed by atoms with Crippen LogP contribution in [0, 0.1) is 5.82 Å². The molecule has 2 aromatic carbocycles. The molecule has 1 saturated heterocycles. The molecule has 1 aliphatic rings. The monoisotopic (exact) mass is 446 g/mol. The summed E-state index contributed by atoms with van der Waals surface area (Å²) in [6, 6.07) is 11.2. The van der Waals surface area contributed by atoms with Gasteiger partial charge in [0, 0.05) is 26.2 Å². The van der Waals surface area contributed by atoms with E-state index in [2.05, 4.69) is 0 Å². The maximum atomic E-state index is 13.1. The smallest absolute Gasteiger partial charge is 0.422 e. The minimum Gasteiger partial charge on any atom is -0.484 e. The molecule has 0 amide bonds. The minimum atomic E-state index is -4.40. The van der Waals surface area contributed by atoms with Gasteiger partial charge in [-0.1, -0.05) is 12.1 Å². The lowest BCUT2D eigenvalue weighted by atomic mass is 10.2. The average Bonchev–Trinajstić information content (AvgIpc) is 2.93. The fourth-order valence-electron chi connectivity index (χ4n) is 3.26. The second-order valence-corrected chi connectivity index (χ2v) is 8.98. The molecule has 5 nitrogen and oxygen atoms in total. The molecule has 0 spiro atoms. The SMILES string of the molecule is O=S(=O)(c1ccc(F)cc1)N1CCCN(Cc2cccc(OCC(F)(F)F)c2)CC1. The van der Waals surface area contributed by atoms with Gasteiger partial charge in [-0.15, -0.1) is 0 Å². The molecule has 0 N–H and O–H groups in total. The van der Waals surface area contributed by atoms with E-state index >= 15 is 0 Å². The van der Waals surface area contributed by atoms with E-state index in [4.69, 9.17) is 4.74 Å². The molecule has 0 unspecified atom stereocenters. The molecule has 1 fully saturated rings. The highest BCUT2D eigenvalue weighted by Crippen LogP contribution is 2.22. The molecule has 30 heavy (non-hydrogen) atoms. The number of benzene rings is 2. The third-order valence-corrected chi connectivity index (χ3v) is 6.62. The fourth-order valence-corrected chi connectivity index (χ4v) is 4.73. The zero-order valence-corrected chi connectivity index (χ0v) is 16.9. The topological polar surface area (TPSA) is 49.9 Å². The normalized spacial score (nSPS) is 16.9. The zero-order chi connectivity index (χ0) is 21.8. The Balaban J connectivity index is 1.61. The van der Waals surface area contributed by atoms with E-state index in [0.717, 1.165) is 17.7 Å². The molecule has 0 atom stereocenters. The number of alkyl halides is 3. The van der Waals surface area contributed by atoms with Crippen LogP contribution in [0.2, 0.25) is 0 Å². The summed E-state index contributed by atoms with van der Waals surface area (Å²) in [5, 5.41) is 0. The lowest BCUT2D eigenvalue weighted by Crippen LogP contribution is -2.35. The van der Waals surface area contributed by atoms with E-state index in [1.807, 2.05) is 4.90 Å². The van der Waals surface area contributed by atoms with Gasteiger partial charge in [0.05, 0.1) is 4.90 Å². The highest BCUT2D eigenvalue weighted by atomic mass is 32.2. The molecular weight excluding hydrogens is 424 g/mol. The van der Waals surface area contributed by atoms with Gasteiger partial charge in [0.25, 0.3) is 0 Å². The highest BCUT2D eigenvalue weighted by molar-refractivity contribution is 7.89. The Hall–Kier alpha value is -2.17. The summed E-state index contributed by atoms with van der Waals surface area (Å²) in [6.07, 6.45) is -3.80. The van der Waals surface area contributed by atoms with Crippen molar-refractivity contribution in [1.82, 2.24) is 9.21 Å². The number of hydrogen-bond donors (Lipinski definition) is 0. The first-order chi connectivity index (χ1) is 14.1. The van der Waals surface area contributed by atoms with Crippen LogP contribution in [0.4, 0.5) is 17.6 Å². The standard InChI is InChI=1S/C20H22F4N2O3S/c21-17-5-7-19(8-6-17)30(27,28)26-10-2-9-25(11-12-26)14-16-3-1-4-18(13-16)29-15-20(22,23)24/h1,3-8,13H,2,9-12,14-15H2. The summed E-state index contributed by atoms with van der Waals surface area (Å²) in [4.78, 5) is 2.09. The zero-order valence-electron chi connectivity index (χ0n) is 16.1. The van der Waals surface area contributed by atoms with Crippen LogP contribution < -0.4 is 4.74 Å². The Morgan fingerprint density at radius 1 is 0.967 bits per heavy atom. The second-order valence-electron chi connectivity index (χ2n) is 7.04. The van der Waals surface area contributed by atoms with Crippen molar-refractivity contribution in [3.05, 3.63) is 59.9 Å². The summed E-state index contributed by atoms with van der Waals surface area (Å²) in [5.41, 5.74) is 0.782. The highest BCUT2D eigenvalue weighted by Gasteiger charge is 2.29. The molecule has 2 aromatic rings. The molecule has 10 heteroatoms. The van der Waals surface area contributed by atoms with Crippen molar-refractivity contribution in [3.63, 3.8) is 0 Å². The van der Waals surface area contributed by atoms with Crippen molar-refractivity contribution in [3.8, 4) is 5.75 Å². The van der Waals surface area contributed by atoms with E-state index in [0.29, 0.717) is 32.6 Å². The third kappa shape index (κ3) is 6.16. The van der Waals surface area contributed by atoms with Gasteiger partial charge >= 0.3 is 6.18 Å². The number of hydrogen-bond acceptors (Lipinski definition) is 4. The Labute approximate surface area is 172 Å². The first-order valence-electron chi connectivity index (χ1n) is 9.40. The van der Waals surface area contributed by atoms with Crippen LogP contribution in [0.1, 0.15) is 12.0 Å². The van der Waals surface area contributed by atoms with Crippen LogP contribution in [0.3, 0.4) is 0 Å². The van der Waals surface area contributed by atoms with Gasteiger partial charge in [0.2, 0.25) is 10.0 Å².